The van der Waals surface area contributed by atoms with Crippen LogP contribution in [0.5, 0.6) is 0 Å². The molecule has 1 aromatic rings. The Balaban J connectivity index is 2.09. The zero-order chi connectivity index (χ0) is 14.7. The number of benzene rings is 1. The molecule has 2 unspecified atom stereocenters. The molecule has 1 N–H and O–H groups in total. The monoisotopic (exact) mass is 274 g/mol. The fraction of sp³-hybridized carbons (Fsp3) is 0.500. The van der Waals surface area contributed by atoms with E-state index in [0.717, 1.165) is 5.56 Å². The topological polar surface area (TPSA) is 49.4 Å². The minimum atomic E-state index is -0.409. The summed E-state index contributed by atoms with van der Waals surface area (Å²) in [4.78, 5) is 26.2. The Morgan fingerprint density at radius 1 is 1.20 bits per heavy atom. The summed E-state index contributed by atoms with van der Waals surface area (Å²) in [6, 6.07) is 9.00. The molecule has 1 aliphatic heterocycles. The van der Waals surface area contributed by atoms with Crippen LogP contribution in [0.25, 0.3) is 0 Å². The van der Waals surface area contributed by atoms with E-state index in [-0.39, 0.29) is 17.9 Å². The number of nitrogens with zero attached hydrogens (tertiary/aromatic N) is 1. The fourth-order valence-electron chi connectivity index (χ4n) is 2.60. The number of nitrogens with one attached hydrogen (secondary N) is 1. The average molecular weight is 274 g/mol. The number of hydrogen-bond acceptors (Lipinski definition) is 2. The lowest BCUT2D eigenvalue weighted by Gasteiger charge is -2.37. The van der Waals surface area contributed by atoms with Gasteiger partial charge in [0.2, 0.25) is 11.8 Å². The summed E-state index contributed by atoms with van der Waals surface area (Å²) < 4.78 is 0. The van der Waals surface area contributed by atoms with E-state index in [1.807, 2.05) is 30.3 Å². The van der Waals surface area contributed by atoms with Gasteiger partial charge in [0.05, 0.1) is 0 Å². The zero-order valence-electron chi connectivity index (χ0n) is 12.3. The lowest BCUT2D eigenvalue weighted by Crippen LogP contribution is -2.62. The van der Waals surface area contributed by atoms with Crippen molar-refractivity contribution in [3.8, 4) is 0 Å². The van der Waals surface area contributed by atoms with E-state index in [0.29, 0.717) is 18.8 Å². The van der Waals surface area contributed by atoms with Crippen LogP contribution in [0.15, 0.2) is 30.3 Å². The first-order chi connectivity index (χ1) is 9.49. The summed E-state index contributed by atoms with van der Waals surface area (Å²) in [5.41, 5.74) is 1.06. The molecule has 2 atom stereocenters. The molecule has 0 aliphatic carbocycles. The van der Waals surface area contributed by atoms with Gasteiger partial charge in [-0.25, -0.2) is 0 Å². The van der Waals surface area contributed by atoms with Gasteiger partial charge in [-0.15, -0.1) is 0 Å². The second-order valence-electron chi connectivity index (χ2n) is 5.85. The Labute approximate surface area is 120 Å². The second kappa shape index (κ2) is 6.07. The molecule has 1 fully saturated rings. The first-order valence-corrected chi connectivity index (χ1v) is 7.10. The lowest BCUT2D eigenvalue weighted by molar-refractivity contribution is -0.148. The van der Waals surface area contributed by atoms with Crippen LogP contribution in [0.2, 0.25) is 0 Å². The molecule has 2 rings (SSSR count). The molecule has 4 nitrogen and oxygen atoms in total. The SMILES string of the molecule is CC(C)CC1NC(=O)C(Cc2ccccc2)N(C)C1=O. The normalized spacial score (nSPS) is 23.1. The third-order valence-corrected chi connectivity index (χ3v) is 3.71. The third-order valence-electron chi connectivity index (χ3n) is 3.71. The molecular formula is C16H22N2O2. The predicted molar refractivity (Wildman–Crippen MR) is 78.1 cm³/mol. The highest BCUT2D eigenvalue weighted by Crippen LogP contribution is 2.17. The largest absolute Gasteiger partial charge is 0.342 e. The molecule has 2 amide bonds. The van der Waals surface area contributed by atoms with Crippen molar-refractivity contribution in [2.24, 2.45) is 5.92 Å². The molecule has 0 spiro atoms. The molecule has 108 valence electrons. The maximum Gasteiger partial charge on any atom is 0.245 e. The van der Waals surface area contributed by atoms with Gasteiger partial charge < -0.3 is 10.2 Å². The first-order valence-electron chi connectivity index (χ1n) is 7.10. The average Bonchev–Trinajstić information content (AvgIpc) is 2.41. The number of piperazine rings is 1. The molecule has 0 aromatic heterocycles. The second-order valence-corrected chi connectivity index (χ2v) is 5.85. The van der Waals surface area contributed by atoms with Gasteiger partial charge in [-0.05, 0) is 17.9 Å². The Hall–Kier alpha value is -1.84. The van der Waals surface area contributed by atoms with E-state index < -0.39 is 6.04 Å². The summed E-state index contributed by atoms with van der Waals surface area (Å²) in [7, 11) is 1.72. The van der Waals surface area contributed by atoms with Gasteiger partial charge in [0.25, 0.3) is 0 Å². The summed E-state index contributed by atoms with van der Waals surface area (Å²) >= 11 is 0. The first kappa shape index (κ1) is 14.6. The van der Waals surface area contributed by atoms with E-state index in [9.17, 15) is 9.59 Å². The highest BCUT2D eigenvalue weighted by atomic mass is 16.2. The number of carbonyl (C=O) groups excluding carboxylic acids is 2. The molecule has 1 saturated heterocycles. The van der Waals surface area contributed by atoms with Crippen molar-refractivity contribution in [1.29, 1.82) is 0 Å². The minimum Gasteiger partial charge on any atom is -0.342 e. The lowest BCUT2D eigenvalue weighted by atomic mass is 9.96. The third kappa shape index (κ3) is 3.18. The molecule has 0 saturated carbocycles. The van der Waals surface area contributed by atoms with Gasteiger partial charge in [0.15, 0.2) is 0 Å². The van der Waals surface area contributed by atoms with Crippen molar-refractivity contribution in [3.63, 3.8) is 0 Å². The number of likely N-dealkylation sites (N-methyl/N-ethyl adjacent to an activating group) is 1. The molecule has 1 aromatic carbocycles. The molecule has 1 heterocycles. The van der Waals surface area contributed by atoms with E-state index in [4.69, 9.17) is 0 Å². The number of amides is 2. The summed E-state index contributed by atoms with van der Waals surface area (Å²) in [5.74, 6) is 0.337. The van der Waals surface area contributed by atoms with Crippen LogP contribution in [0.4, 0.5) is 0 Å². The zero-order valence-corrected chi connectivity index (χ0v) is 12.3. The molecule has 20 heavy (non-hydrogen) atoms. The fourth-order valence-corrected chi connectivity index (χ4v) is 2.60. The number of hydrogen-bond donors (Lipinski definition) is 1. The van der Waals surface area contributed by atoms with Gasteiger partial charge in [0.1, 0.15) is 12.1 Å². The molecule has 4 heteroatoms. The van der Waals surface area contributed by atoms with Crippen LogP contribution in [0, 0.1) is 5.92 Å². The Morgan fingerprint density at radius 3 is 2.45 bits per heavy atom. The summed E-state index contributed by atoms with van der Waals surface area (Å²) in [6.45, 7) is 4.10. The Bertz CT molecular complexity index is 485. The molecule has 0 radical (unpaired) electrons. The van der Waals surface area contributed by atoms with Gasteiger partial charge in [0, 0.05) is 13.5 Å². The standard InChI is InChI=1S/C16H22N2O2/c1-11(2)9-13-16(20)18(3)14(15(19)17-13)10-12-7-5-4-6-8-12/h4-8,11,13-14H,9-10H2,1-3H3,(H,17,19). The van der Waals surface area contributed by atoms with Crippen LogP contribution in [-0.4, -0.2) is 35.8 Å². The Kier molecular flexibility index (Phi) is 4.42. The Morgan fingerprint density at radius 2 is 1.85 bits per heavy atom. The van der Waals surface area contributed by atoms with E-state index >= 15 is 0 Å². The van der Waals surface area contributed by atoms with Crippen molar-refractivity contribution in [3.05, 3.63) is 35.9 Å². The number of rotatable bonds is 4. The van der Waals surface area contributed by atoms with Crippen molar-refractivity contribution in [2.75, 3.05) is 7.05 Å². The van der Waals surface area contributed by atoms with Crippen LogP contribution < -0.4 is 5.32 Å². The van der Waals surface area contributed by atoms with E-state index in [1.165, 1.54) is 0 Å². The van der Waals surface area contributed by atoms with Crippen LogP contribution in [-0.2, 0) is 16.0 Å². The quantitative estimate of drug-likeness (QED) is 0.906. The maximum absolute atomic E-state index is 12.3. The van der Waals surface area contributed by atoms with Crippen molar-refractivity contribution in [2.45, 2.75) is 38.8 Å². The smallest absolute Gasteiger partial charge is 0.245 e. The van der Waals surface area contributed by atoms with Gasteiger partial charge in [-0.3, -0.25) is 9.59 Å². The maximum atomic E-state index is 12.3. The summed E-state index contributed by atoms with van der Waals surface area (Å²) in [5, 5.41) is 2.87. The van der Waals surface area contributed by atoms with Crippen LogP contribution in [0.3, 0.4) is 0 Å². The molecule has 0 bridgehead atoms. The van der Waals surface area contributed by atoms with Crippen molar-refractivity contribution < 1.29 is 9.59 Å². The predicted octanol–water partition coefficient (Wildman–Crippen LogP) is 1.60. The van der Waals surface area contributed by atoms with Gasteiger partial charge >= 0.3 is 0 Å². The van der Waals surface area contributed by atoms with Crippen molar-refractivity contribution >= 4 is 11.8 Å². The van der Waals surface area contributed by atoms with E-state index in [1.54, 1.807) is 11.9 Å². The highest BCUT2D eigenvalue weighted by molar-refractivity contribution is 5.96. The minimum absolute atomic E-state index is 0.0132. The van der Waals surface area contributed by atoms with Gasteiger partial charge in [-0.1, -0.05) is 44.2 Å². The molecule has 1 aliphatic rings. The van der Waals surface area contributed by atoms with Crippen LogP contribution >= 0.6 is 0 Å². The number of carbonyl (C=O) groups is 2. The molecular weight excluding hydrogens is 252 g/mol. The highest BCUT2D eigenvalue weighted by Gasteiger charge is 2.38. The van der Waals surface area contributed by atoms with Crippen LogP contribution in [0.1, 0.15) is 25.8 Å². The summed E-state index contributed by atoms with van der Waals surface area (Å²) in [6.07, 6.45) is 1.25. The van der Waals surface area contributed by atoms with Crippen molar-refractivity contribution in [1.82, 2.24) is 10.2 Å². The van der Waals surface area contributed by atoms with E-state index in [2.05, 4.69) is 19.2 Å². The van der Waals surface area contributed by atoms with Gasteiger partial charge in [-0.2, -0.15) is 0 Å².